The fourth-order valence-corrected chi connectivity index (χ4v) is 1.33. The van der Waals surface area contributed by atoms with Crippen LogP contribution in [-0.4, -0.2) is 15.8 Å². The van der Waals surface area contributed by atoms with Crippen molar-refractivity contribution in [1.29, 1.82) is 0 Å². The molecule has 2 aromatic rings. The molecule has 0 aliphatic carbocycles. The van der Waals surface area contributed by atoms with Crippen molar-refractivity contribution in [1.82, 2.24) is 9.97 Å². The first-order chi connectivity index (χ1) is 6.66. The lowest BCUT2D eigenvalue weighted by molar-refractivity contribution is 0.100. The zero-order valence-electron chi connectivity index (χ0n) is 7.49. The van der Waals surface area contributed by atoms with Gasteiger partial charge in [0.05, 0.1) is 5.52 Å². The van der Waals surface area contributed by atoms with Crippen LogP contribution in [0.1, 0.15) is 17.5 Å². The number of carbonyl (C=O) groups excluding carboxylic acids is 1. The molecule has 4 heteroatoms. The normalized spacial score (nSPS) is 10.4. The van der Waals surface area contributed by atoms with Crippen LogP contribution < -0.4 is 0 Å². The van der Waals surface area contributed by atoms with Crippen molar-refractivity contribution in [2.75, 3.05) is 0 Å². The van der Waals surface area contributed by atoms with Gasteiger partial charge in [0.2, 0.25) is 0 Å². The summed E-state index contributed by atoms with van der Waals surface area (Å²) < 4.78 is 0. The van der Waals surface area contributed by atoms with E-state index < -0.39 is 0 Å². The monoisotopic (exact) mass is 206 g/mol. The zero-order chi connectivity index (χ0) is 10.1. The van der Waals surface area contributed by atoms with Gasteiger partial charge in [0.1, 0.15) is 0 Å². The first-order valence-corrected chi connectivity index (χ1v) is 4.48. The van der Waals surface area contributed by atoms with E-state index in [1.807, 2.05) is 6.07 Å². The van der Waals surface area contributed by atoms with Gasteiger partial charge in [-0.25, -0.2) is 9.97 Å². The number of rotatable bonds is 1. The second kappa shape index (κ2) is 3.35. The smallest absolute Gasteiger partial charge is 0.196 e. The summed E-state index contributed by atoms with van der Waals surface area (Å²) in [7, 11) is 0. The van der Waals surface area contributed by atoms with Crippen LogP contribution in [0.4, 0.5) is 0 Å². The van der Waals surface area contributed by atoms with Gasteiger partial charge in [0, 0.05) is 23.5 Å². The van der Waals surface area contributed by atoms with Gasteiger partial charge in [0.15, 0.2) is 11.6 Å². The molecule has 0 aliphatic rings. The summed E-state index contributed by atoms with van der Waals surface area (Å²) >= 11 is 5.81. The molecule has 1 aromatic carbocycles. The van der Waals surface area contributed by atoms with E-state index in [2.05, 4.69) is 9.97 Å². The SMILES string of the molecule is CC(=O)c1ncc2ccc(Cl)cc2n1. The van der Waals surface area contributed by atoms with Crippen LogP contribution >= 0.6 is 11.6 Å². The molecule has 0 aliphatic heterocycles. The minimum Gasteiger partial charge on any atom is -0.291 e. The Balaban J connectivity index is 2.69. The van der Waals surface area contributed by atoms with Gasteiger partial charge in [-0.3, -0.25) is 4.79 Å². The average Bonchev–Trinajstić information content (AvgIpc) is 2.16. The Morgan fingerprint density at radius 3 is 2.93 bits per heavy atom. The van der Waals surface area contributed by atoms with Gasteiger partial charge in [-0.15, -0.1) is 0 Å². The molecule has 14 heavy (non-hydrogen) atoms. The van der Waals surface area contributed by atoms with Crippen molar-refractivity contribution >= 4 is 28.3 Å². The number of benzene rings is 1. The molecule has 3 nitrogen and oxygen atoms in total. The number of halogens is 1. The second-order valence-electron chi connectivity index (χ2n) is 2.95. The first-order valence-electron chi connectivity index (χ1n) is 4.10. The van der Waals surface area contributed by atoms with Gasteiger partial charge < -0.3 is 0 Å². The van der Waals surface area contributed by atoms with Crippen molar-refractivity contribution in [2.45, 2.75) is 6.92 Å². The molecule has 0 unspecified atom stereocenters. The number of ketones is 1. The molecule has 0 fully saturated rings. The van der Waals surface area contributed by atoms with Crippen LogP contribution in [0.3, 0.4) is 0 Å². The molecule has 0 saturated heterocycles. The Bertz CT molecular complexity index is 510. The predicted molar refractivity (Wildman–Crippen MR) is 54.6 cm³/mol. The summed E-state index contributed by atoms with van der Waals surface area (Å²) in [5, 5.41) is 1.48. The summed E-state index contributed by atoms with van der Waals surface area (Å²) in [4.78, 5) is 19.0. The fourth-order valence-electron chi connectivity index (χ4n) is 1.17. The van der Waals surface area contributed by atoms with E-state index >= 15 is 0 Å². The maximum absolute atomic E-state index is 11.0. The standard InChI is InChI=1S/C10H7ClN2O/c1-6(14)10-12-5-7-2-3-8(11)4-9(7)13-10/h2-5H,1H3. The lowest BCUT2D eigenvalue weighted by Crippen LogP contribution is -2.00. The van der Waals surface area contributed by atoms with E-state index in [0.29, 0.717) is 10.5 Å². The largest absolute Gasteiger partial charge is 0.291 e. The summed E-state index contributed by atoms with van der Waals surface area (Å²) in [6, 6.07) is 5.30. The molecule has 2 rings (SSSR count). The summed E-state index contributed by atoms with van der Waals surface area (Å²) in [6.45, 7) is 1.44. The molecule has 0 radical (unpaired) electrons. The Morgan fingerprint density at radius 1 is 1.43 bits per heavy atom. The molecule has 0 saturated carbocycles. The summed E-state index contributed by atoms with van der Waals surface area (Å²) in [5.41, 5.74) is 0.692. The van der Waals surface area contributed by atoms with Gasteiger partial charge in [-0.05, 0) is 18.2 Å². The van der Waals surface area contributed by atoms with Gasteiger partial charge in [-0.1, -0.05) is 11.6 Å². The predicted octanol–water partition coefficient (Wildman–Crippen LogP) is 2.49. The highest BCUT2D eigenvalue weighted by Crippen LogP contribution is 2.16. The van der Waals surface area contributed by atoms with E-state index in [-0.39, 0.29) is 11.6 Å². The van der Waals surface area contributed by atoms with E-state index in [4.69, 9.17) is 11.6 Å². The fraction of sp³-hybridized carbons (Fsp3) is 0.100. The number of hydrogen-bond donors (Lipinski definition) is 0. The lowest BCUT2D eigenvalue weighted by Gasteiger charge is -1.98. The number of hydrogen-bond acceptors (Lipinski definition) is 3. The Morgan fingerprint density at radius 2 is 2.21 bits per heavy atom. The Hall–Kier alpha value is -1.48. The molecular formula is C10H7ClN2O. The minimum absolute atomic E-state index is 0.146. The third-order valence-corrected chi connectivity index (χ3v) is 2.09. The lowest BCUT2D eigenvalue weighted by atomic mass is 10.2. The van der Waals surface area contributed by atoms with E-state index in [1.165, 1.54) is 6.92 Å². The van der Waals surface area contributed by atoms with Gasteiger partial charge in [-0.2, -0.15) is 0 Å². The van der Waals surface area contributed by atoms with Crippen molar-refractivity contribution in [3.63, 3.8) is 0 Å². The summed E-state index contributed by atoms with van der Waals surface area (Å²) in [5.74, 6) is 0.0756. The average molecular weight is 207 g/mol. The molecule has 0 atom stereocenters. The highest BCUT2D eigenvalue weighted by atomic mass is 35.5. The maximum Gasteiger partial charge on any atom is 0.196 e. The maximum atomic E-state index is 11.0. The quantitative estimate of drug-likeness (QED) is 0.674. The van der Waals surface area contributed by atoms with Gasteiger partial charge >= 0.3 is 0 Å². The van der Waals surface area contributed by atoms with Crippen LogP contribution in [0.25, 0.3) is 10.9 Å². The highest BCUT2D eigenvalue weighted by molar-refractivity contribution is 6.31. The second-order valence-corrected chi connectivity index (χ2v) is 3.39. The Kier molecular flexibility index (Phi) is 2.17. The molecule has 0 spiro atoms. The first kappa shape index (κ1) is 9.09. The van der Waals surface area contributed by atoms with Crippen LogP contribution in [0, 0.1) is 0 Å². The number of fused-ring (bicyclic) bond motifs is 1. The highest BCUT2D eigenvalue weighted by Gasteiger charge is 2.04. The van der Waals surface area contributed by atoms with Crippen molar-refractivity contribution in [3.05, 3.63) is 35.2 Å². The third-order valence-electron chi connectivity index (χ3n) is 1.86. The minimum atomic E-state index is -0.146. The van der Waals surface area contributed by atoms with Crippen LogP contribution in [0.5, 0.6) is 0 Å². The molecule has 70 valence electrons. The van der Waals surface area contributed by atoms with Crippen LogP contribution in [0.2, 0.25) is 5.02 Å². The molecular weight excluding hydrogens is 200 g/mol. The van der Waals surface area contributed by atoms with Crippen molar-refractivity contribution in [2.24, 2.45) is 0 Å². The number of carbonyl (C=O) groups is 1. The molecule has 1 aromatic heterocycles. The van der Waals surface area contributed by atoms with E-state index in [1.54, 1.807) is 18.3 Å². The number of Topliss-reactive ketones (excluding diaryl/α,β-unsaturated/α-hetero) is 1. The molecule has 0 N–H and O–H groups in total. The van der Waals surface area contributed by atoms with E-state index in [0.717, 1.165) is 5.39 Å². The topological polar surface area (TPSA) is 42.9 Å². The molecule has 0 amide bonds. The number of aromatic nitrogens is 2. The molecule has 1 heterocycles. The zero-order valence-corrected chi connectivity index (χ0v) is 8.25. The summed E-state index contributed by atoms with van der Waals surface area (Å²) in [6.07, 6.45) is 1.62. The van der Waals surface area contributed by atoms with Crippen molar-refractivity contribution in [3.8, 4) is 0 Å². The van der Waals surface area contributed by atoms with Gasteiger partial charge in [0.25, 0.3) is 0 Å². The molecule has 0 bridgehead atoms. The Labute approximate surface area is 85.7 Å². The van der Waals surface area contributed by atoms with E-state index in [9.17, 15) is 4.79 Å². The van der Waals surface area contributed by atoms with Crippen LogP contribution in [-0.2, 0) is 0 Å². The van der Waals surface area contributed by atoms with Crippen LogP contribution in [0.15, 0.2) is 24.4 Å². The van der Waals surface area contributed by atoms with Crippen molar-refractivity contribution < 1.29 is 4.79 Å². The third kappa shape index (κ3) is 1.59. The number of nitrogens with zero attached hydrogens (tertiary/aromatic N) is 2.